The summed E-state index contributed by atoms with van der Waals surface area (Å²) in [5.41, 5.74) is 0.612. The molecule has 3 aromatic rings. The maximum absolute atomic E-state index is 14.5. The van der Waals surface area contributed by atoms with Gasteiger partial charge in [-0.2, -0.15) is 19.6 Å². The second kappa shape index (κ2) is 6.00. The van der Waals surface area contributed by atoms with E-state index in [0.717, 1.165) is 0 Å². The summed E-state index contributed by atoms with van der Waals surface area (Å²) in [5.74, 6) is 0.622. The Hall–Kier alpha value is -2.41. The molecule has 0 aliphatic heterocycles. The van der Waals surface area contributed by atoms with Crippen molar-refractivity contribution in [1.82, 2.24) is 19.6 Å². The second-order valence-electron chi connectivity index (χ2n) is 5.21. The number of ether oxygens (including phenoxy) is 1. The van der Waals surface area contributed by atoms with E-state index in [0.29, 0.717) is 17.2 Å². The zero-order valence-electron chi connectivity index (χ0n) is 12.8. The van der Waals surface area contributed by atoms with E-state index < -0.39 is 5.82 Å². The molecule has 120 valence electrons. The van der Waals surface area contributed by atoms with Crippen molar-refractivity contribution in [2.45, 2.75) is 19.9 Å². The van der Waals surface area contributed by atoms with Crippen LogP contribution in [0.15, 0.2) is 24.5 Å². The lowest BCUT2D eigenvalue weighted by atomic mass is 10.1. The largest absolute Gasteiger partial charge is 0.480 e. The van der Waals surface area contributed by atoms with Crippen LogP contribution in [0, 0.1) is 5.82 Å². The van der Waals surface area contributed by atoms with Crippen molar-refractivity contribution in [2.24, 2.45) is 0 Å². The number of methoxy groups -OCH3 is 1. The van der Waals surface area contributed by atoms with E-state index in [2.05, 4.69) is 20.4 Å². The summed E-state index contributed by atoms with van der Waals surface area (Å²) in [5, 5.41) is 7.66. The fraction of sp³-hybridized carbons (Fsp3) is 0.267. The molecule has 0 saturated heterocycles. The molecule has 8 heteroatoms. The standard InChI is InChI=1S/C15H15ClFN5O/c1-8(2)20-13-12(11-9(16)5-4-6-10(11)17)14(23-3)21-15-18-7-19-22(13)15/h4-8,20H,1-3H3. The zero-order chi connectivity index (χ0) is 16.6. The molecule has 2 aromatic heterocycles. The quantitative estimate of drug-likeness (QED) is 0.791. The van der Waals surface area contributed by atoms with Crippen LogP contribution in [0.25, 0.3) is 16.9 Å². The van der Waals surface area contributed by atoms with Crippen molar-refractivity contribution in [3.63, 3.8) is 0 Å². The number of hydrogen-bond acceptors (Lipinski definition) is 5. The molecule has 23 heavy (non-hydrogen) atoms. The molecule has 0 bridgehead atoms. The smallest absolute Gasteiger partial charge is 0.257 e. The molecule has 0 unspecified atom stereocenters. The average molecular weight is 336 g/mol. The molecule has 1 N–H and O–H groups in total. The summed E-state index contributed by atoms with van der Waals surface area (Å²) < 4.78 is 21.3. The number of aromatic nitrogens is 4. The van der Waals surface area contributed by atoms with Gasteiger partial charge in [0.2, 0.25) is 5.88 Å². The summed E-state index contributed by atoms with van der Waals surface area (Å²) in [6.45, 7) is 3.92. The van der Waals surface area contributed by atoms with Crippen LogP contribution in [-0.4, -0.2) is 32.7 Å². The number of halogens is 2. The molecule has 0 aliphatic rings. The molecule has 0 spiro atoms. The Morgan fingerprint density at radius 1 is 1.30 bits per heavy atom. The minimum atomic E-state index is -0.469. The lowest BCUT2D eigenvalue weighted by Crippen LogP contribution is -2.16. The number of hydrogen-bond donors (Lipinski definition) is 1. The van der Waals surface area contributed by atoms with Gasteiger partial charge < -0.3 is 10.1 Å². The van der Waals surface area contributed by atoms with Gasteiger partial charge in [-0.05, 0) is 26.0 Å². The summed E-state index contributed by atoms with van der Waals surface area (Å²) in [6, 6.07) is 4.57. The van der Waals surface area contributed by atoms with Crippen molar-refractivity contribution in [2.75, 3.05) is 12.4 Å². The Bertz CT molecular complexity index is 844. The first-order chi connectivity index (χ1) is 11.0. The number of rotatable bonds is 4. The number of fused-ring (bicyclic) bond motifs is 1. The molecule has 0 atom stereocenters. The number of nitrogens with one attached hydrogen (secondary N) is 1. The molecule has 0 amide bonds. The van der Waals surface area contributed by atoms with Crippen LogP contribution >= 0.6 is 11.6 Å². The highest BCUT2D eigenvalue weighted by molar-refractivity contribution is 6.33. The second-order valence-corrected chi connectivity index (χ2v) is 5.62. The van der Waals surface area contributed by atoms with Crippen LogP contribution < -0.4 is 10.1 Å². The molecule has 0 fully saturated rings. The fourth-order valence-electron chi connectivity index (χ4n) is 2.34. The highest BCUT2D eigenvalue weighted by Crippen LogP contribution is 2.41. The Morgan fingerprint density at radius 3 is 2.74 bits per heavy atom. The van der Waals surface area contributed by atoms with E-state index in [1.165, 1.54) is 24.0 Å². The molecule has 6 nitrogen and oxygen atoms in total. The van der Waals surface area contributed by atoms with Crippen LogP contribution in [-0.2, 0) is 0 Å². The van der Waals surface area contributed by atoms with Crippen LogP contribution in [0.2, 0.25) is 5.02 Å². The molecule has 2 heterocycles. The van der Waals surface area contributed by atoms with E-state index in [4.69, 9.17) is 16.3 Å². The maximum Gasteiger partial charge on any atom is 0.257 e. The SMILES string of the molecule is COc1nc2ncnn2c(NC(C)C)c1-c1c(F)cccc1Cl. The Labute approximate surface area is 137 Å². The topological polar surface area (TPSA) is 64.3 Å². The van der Waals surface area contributed by atoms with E-state index >= 15 is 0 Å². The summed E-state index contributed by atoms with van der Waals surface area (Å²) in [4.78, 5) is 8.35. The molecule has 0 aliphatic carbocycles. The minimum absolute atomic E-state index is 0.0683. The molecule has 0 radical (unpaired) electrons. The van der Waals surface area contributed by atoms with Gasteiger partial charge in [-0.1, -0.05) is 17.7 Å². The monoisotopic (exact) mass is 335 g/mol. The van der Waals surface area contributed by atoms with Gasteiger partial charge in [0.1, 0.15) is 18.0 Å². The Morgan fingerprint density at radius 2 is 2.09 bits per heavy atom. The van der Waals surface area contributed by atoms with Gasteiger partial charge in [-0.3, -0.25) is 0 Å². The lowest BCUT2D eigenvalue weighted by Gasteiger charge is -2.18. The molecule has 0 saturated carbocycles. The third-order valence-electron chi connectivity index (χ3n) is 3.23. The van der Waals surface area contributed by atoms with Gasteiger partial charge in [0.15, 0.2) is 0 Å². The van der Waals surface area contributed by atoms with E-state index in [-0.39, 0.29) is 22.5 Å². The Balaban J connectivity index is 2.41. The minimum Gasteiger partial charge on any atom is -0.480 e. The van der Waals surface area contributed by atoms with Crippen molar-refractivity contribution in [1.29, 1.82) is 0 Å². The first kappa shape index (κ1) is 15.5. The maximum atomic E-state index is 14.5. The van der Waals surface area contributed by atoms with E-state index in [9.17, 15) is 4.39 Å². The summed E-state index contributed by atoms with van der Waals surface area (Å²) >= 11 is 6.23. The van der Waals surface area contributed by atoms with Crippen molar-refractivity contribution in [3.05, 3.63) is 35.4 Å². The van der Waals surface area contributed by atoms with Crippen LogP contribution in [0.3, 0.4) is 0 Å². The first-order valence-corrected chi connectivity index (χ1v) is 7.39. The third-order valence-corrected chi connectivity index (χ3v) is 3.54. The van der Waals surface area contributed by atoms with Crippen LogP contribution in [0.1, 0.15) is 13.8 Å². The van der Waals surface area contributed by atoms with Crippen molar-refractivity contribution >= 4 is 23.2 Å². The zero-order valence-corrected chi connectivity index (χ0v) is 13.6. The van der Waals surface area contributed by atoms with Gasteiger partial charge in [0.05, 0.1) is 17.7 Å². The molecule has 1 aromatic carbocycles. The fourth-order valence-corrected chi connectivity index (χ4v) is 2.60. The molecular weight excluding hydrogens is 321 g/mol. The van der Waals surface area contributed by atoms with Crippen molar-refractivity contribution < 1.29 is 9.13 Å². The normalized spacial score (nSPS) is 11.2. The van der Waals surface area contributed by atoms with Gasteiger partial charge >= 0.3 is 0 Å². The lowest BCUT2D eigenvalue weighted by molar-refractivity contribution is 0.399. The van der Waals surface area contributed by atoms with E-state index in [1.54, 1.807) is 12.1 Å². The van der Waals surface area contributed by atoms with Crippen LogP contribution in [0.4, 0.5) is 10.2 Å². The van der Waals surface area contributed by atoms with Crippen LogP contribution in [0.5, 0.6) is 5.88 Å². The van der Waals surface area contributed by atoms with Gasteiger partial charge in [-0.25, -0.2) is 4.39 Å². The molecule has 3 rings (SSSR count). The van der Waals surface area contributed by atoms with Gasteiger partial charge in [-0.15, -0.1) is 0 Å². The highest BCUT2D eigenvalue weighted by atomic mass is 35.5. The van der Waals surface area contributed by atoms with Crippen molar-refractivity contribution in [3.8, 4) is 17.0 Å². The predicted octanol–water partition coefficient (Wildman–Crippen LogP) is 3.41. The number of benzene rings is 1. The third kappa shape index (κ3) is 2.68. The number of anilines is 1. The first-order valence-electron chi connectivity index (χ1n) is 7.01. The number of nitrogens with zero attached hydrogens (tertiary/aromatic N) is 4. The summed E-state index contributed by atoms with van der Waals surface area (Å²) in [7, 11) is 1.46. The Kier molecular flexibility index (Phi) is 4.04. The predicted molar refractivity (Wildman–Crippen MR) is 86.5 cm³/mol. The van der Waals surface area contributed by atoms with E-state index in [1.807, 2.05) is 13.8 Å². The average Bonchev–Trinajstić information content (AvgIpc) is 2.96. The van der Waals surface area contributed by atoms with Gasteiger partial charge in [0, 0.05) is 11.6 Å². The van der Waals surface area contributed by atoms with Gasteiger partial charge in [0.25, 0.3) is 5.78 Å². The highest BCUT2D eigenvalue weighted by Gasteiger charge is 2.24. The molecular formula is C15H15ClFN5O. The summed E-state index contributed by atoms with van der Waals surface area (Å²) in [6.07, 6.45) is 1.38.